The average molecular weight is 206 g/mol. The van der Waals surface area contributed by atoms with Crippen LogP contribution in [0.4, 0.5) is 10.5 Å². The van der Waals surface area contributed by atoms with E-state index in [-0.39, 0.29) is 11.7 Å². The summed E-state index contributed by atoms with van der Waals surface area (Å²) in [5.74, 6) is 0. The van der Waals surface area contributed by atoms with Gasteiger partial charge in [0.15, 0.2) is 0 Å². The van der Waals surface area contributed by atoms with E-state index in [1.54, 1.807) is 18.2 Å². The molecule has 4 N–H and O–H groups in total. The predicted octanol–water partition coefficient (Wildman–Crippen LogP) is 0.608. The van der Waals surface area contributed by atoms with Gasteiger partial charge in [0.2, 0.25) is 0 Å². The molecule has 6 heteroatoms. The number of amides is 2. The summed E-state index contributed by atoms with van der Waals surface area (Å²) in [5, 5.41) is 5.04. The van der Waals surface area contributed by atoms with Crippen molar-refractivity contribution in [3.05, 3.63) is 28.7 Å². The van der Waals surface area contributed by atoms with Gasteiger partial charge in [0, 0.05) is 12.7 Å². The van der Waals surface area contributed by atoms with Crippen LogP contribution in [-0.4, -0.2) is 23.0 Å². The molecule has 6 nitrogen and oxygen atoms in total. The zero-order chi connectivity index (χ0) is 10.8. The normalized spacial score (nSPS) is 10.2. The van der Waals surface area contributed by atoms with Gasteiger partial charge in [-0.05, 0) is 18.2 Å². The number of aromatic amines is 2. The number of aromatic nitrogens is 2. The topological polar surface area (TPSA) is 89.8 Å². The van der Waals surface area contributed by atoms with Crippen LogP contribution in [0, 0.1) is 0 Å². The van der Waals surface area contributed by atoms with Crippen molar-refractivity contribution in [3.63, 3.8) is 0 Å². The van der Waals surface area contributed by atoms with Crippen LogP contribution in [0.25, 0.3) is 11.0 Å². The van der Waals surface area contributed by atoms with Crippen molar-refractivity contribution in [3.8, 4) is 0 Å². The van der Waals surface area contributed by atoms with E-state index >= 15 is 0 Å². The second kappa shape index (κ2) is 3.49. The van der Waals surface area contributed by atoms with Crippen molar-refractivity contribution in [2.24, 2.45) is 0 Å². The summed E-state index contributed by atoms with van der Waals surface area (Å²) in [6.45, 7) is 0. The Bertz CT molecular complexity index is 554. The number of benzene rings is 1. The first kappa shape index (κ1) is 9.32. The summed E-state index contributed by atoms with van der Waals surface area (Å²) >= 11 is 0. The maximum absolute atomic E-state index is 11.0. The van der Waals surface area contributed by atoms with E-state index in [4.69, 9.17) is 0 Å². The standard InChI is InChI=1S/C9H10N4O2/c1-10-8(14)11-5-2-3-6-7(4-5)13-9(15)12-6/h2-4H,1H3,(H2,10,11,14)(H2,12,13,15). The molecule has 0 fully saturated rings. The van der Waals surface area contributed by atoms with E-state index in [0.29, 0.717) is 16.7 Å². The first-order chi connectivity index (χ1) is 7.19. The quantitative estimate of drug-likeness (QED) is 0.550. The Morgan fingerprint density at radius 1 is 1.27 bits per heavy atom. The third-order valence-electron chi connectivity index (χ3n) is 2.00. The van der Waals surface area contributed by atoms with E-state index in [9.17, 15) is 9.59 Å². The molecule has 15 heavy (non-hydrogen) atoms. The number of urea groups is 1. The highest BCUT2D eigenvalue weighted by Crippen LogP contribution is 2.13. The van der Waals surface area contributed by atoms with Gasteiger partial charge >= 0.3 is 11.7 Å². The van der Waals surface area contributed by atoms with Crippen molar-refractivity contribution in [1.82, 2.24) is 15.3 Å². The smallest absolute Gasteiger partial charge is 0.323 e. The van der Waals surface area contributed by atoms with Gasteiger partial charge in [-0.2, -0.15) is 0 Å². The lowest BCUT2D eigenvalue weighted by molar-refractivity contribution is 0.254. The van der Waals surface area contributed by atoms with Crippen LogP contribution in [0.15, 0.2) is 23.0 Å². The number of anilines is 1. The van der Waals surface area contributed by atoms with Crippen LogP contribution in [-0.2, 0) is 0 Å². The maximum Gasteiger partial charge on any atom is 0.323 e. The van der Waals surface area contributed by atoms with Crippen molar-refractivity contribution in [1.29, 1.82) is 0 Å². The minimum absolute atomic E-state index is 0.262. The molecule has 1 aromatic heterocycles. The van der Waals surface area contributed by atoms with Gasteiger partial charge in [-0.3, -0.25) is 0 Å². The van der Waals surface area contributed by atoms with E-state index in [1.807, 2.05) is 0 Å². The Labute approximate surface area is 84.7 Å². The summed E-state index contributed by atoms with van der Waals surface area (Å²) in [6, 6.07) is 4.81. The monoisotopic (exact) mass is 206 g/mol. The third kappa shape index (κ3) is 1.83. The molecule has 78 valence electrons. The number of H-pyrrole nitrogens is 2. The number of carbonyl (C=O) groups excluding carboxylic acids is 1. The SMILES string of the molecule is CNC(=O)Nc1ccc2[nH]c(=O)[nH]c2c1. The summed E-state index contributed by atoms with van der Waals surface area (Å²) in [7, 11) is 1.53. The second-order valence-corrected chi connectivity index (χ2v) is 3.04. The molecule has 0 aliphatic carbocycles. The van der Waals surface area contributed by atoms with E-state index in [1.165, 1.54) is 7.05 Å². The number of carbonyl (C=O) groups is 1. The first-order valence-electron chi connectivity index (χ1n) is 4.40. The Kier molecular flexibility index (Phi) is 2.17. The fraction of sp³-hybridized carbons (Fsp3) is 0.111. The van der Waals surface area contributed by atoms with Gasteiger partial charge in [0.25, 0.3) is 0 Å². The summed E-state index contributed by atoms with van der Waals surface area (Å²) in [5.41, 5.74) is 1.73. The van der Waals surface area contributed by atoms with Gasteiger partial charge < -0.3 is 20.6 Å². The molecule has 0 aliphatic rings. The lowest BCUT2D eigenvalue weighted by atomic mass is 10.3. The fourth-order valence-corrected chi connectivity index (χ4v) is 1.30. The molecule has 0 saturated carbocycles. The van der Waals surface area contributed by atoms with Crippen LogP contribution in [0.5, 0.6) is 0 Å². The van der Waals surface area contributed by atoms with Crippen LogP contribution in [0.1, 0.15) is 0 Å². The van der Waals surface area contributed by atoms with Gasteiger partial charge in [-0.1, -0.05) is 0 Å². The number of hydrogen-bond acceptors (Lipinski definition) is 2. The molecule has 0 atom stereocenters. The van der Waals surface area contributed by atoms with E-state index in [0.717, 1.165) is 0 Å². The number of fused-ring (bicyclic) bond motifs is 1. The molecule has 0 spiro atoms. The minimum atomic E-state index is -0.299. The second-order valence-electron chi connectivity index (χ2n) is 3.04. The Balaban J connectivity index is 2.38. The molecule has 0 bridgehead atoms. The minimum Gasteiger partial charge on any atom is -0.341 e. The lowest BCUT2D eigenvalue weighted by Crippen LogP contribution is -2.24. The van der Waals surface area contributed by atoms with Gasteiger partial charge in [-0.25, -0.2) is 9.59 Å². The molecular formula is C9H10N4O2. The van der Waals surface area contributed by atoms with Crippen LogP contribution in [0.2, 0.25) is 0 Å². The molecular weight excluding hydrogens is 196 g/mol. The summed E-state index contributed by atoms with van der Waals surface area (Å²) < 4.78 is 0. The van der Waals surface area contributed by atoms with E-state index < -0.39 is 0 Å². The van der Waals surface area contributed by atoms with Crippen molar-refractivity contribution >= 4 is 22.8 Å². The number of nitrogens with one attached hydrogen (secondary N) is 4. The van der Waals surface area contributed by atoms with Crippen LogP contribution < -0.4 is 16.3 Å². The van der Waals surface area contributed by atoms with Gasteiger partial charge in [-0.15, -0.1) is 0 Å². The zero-order valence-electron chi connectivity index (χ0n) is 8.05. The Hall–Kier alpha value is -2.24. The first-order valence-corrected chi connectivity index (χ1v) is 4.40. The van der Waals surface area contributed by atoms with Gasteiger partial charge in [0.1, 0.15) is 0 Å². The molecule has 0 aliphatic heterocycles. The molecule has 0 radical (unpaired) electrons. The number of hydrogen-bond donors (Lipinski definition) is 4. The average Bonchev–Trinajstić information content (AvgIpc) is 2.57. The molecule has 2 amide bonds. The highest BCUT2D eigenvalue weighted by atomic mass is 16.2. The molecule has 2 aromatic rings. The summed E-state index contributed by atoms with van der Waals surface area (Å²) in [4.78, 5) is 27.2. The van der Waals surface area contributed by atoms with E-state index in [2.05, 4.69) is 20.6 Å². The van der Waals surface area contributed by atoms with Gasteiger partial charge in [0.05, 0.1) is 11.0 Å². The molecule has 2 rings (SSSR count). The fourth-order valence-electron chi connectivity index (χ4n) is 1.30. The van der Waals surface area contributed by atoms with Crippen LogP contribution >= 0.6 is 0 Å². The predicted molar refractivity (Wildman–Crippen MR) is 57.0 cm³/mol. The Morgan fingerprint density at radius 2 is 2.00 bits per heavy atom. The van der Waals surface area contributed by atoms with Crippen molar-refractivity contribution < 1.29 is 4.79 Å². The lowest BCUT2D eigenvalue weighted by Gasteiger charge is -2.03. The molecule has 0 unspecified atom stereocenters. The third-order valence-corrected chi connectivity index (χ3v) is 2.00. The molecule has 1 heterocycles. The van der Waals surface area contributed by atoms with Crippen molar-refractivity contribution in [2.75, 3.05) is 12.4 Å². The molecule has 0 saturated heterocycles. The summed E-state index contributed by atoms with van der Waals surface area (Å²) in [6.07, 6.45) is 0. The number of rotatable bonds is 1. The van der Waals surface area contributed by atoms with Crippen LogP contribution in [0.3, 0.4) is 0 Å². The zero-order valence-corrected chi connectivity index (χ0v) is 8.05. The largest absolute Gasteiger partial charge is 0.341 e. The maximum atomic E-state index is 11.0. The Morgan fingerprint density at radius 3 is 2.73 bits per heavy atom. The number of imidazole rings is 1. The highest BCUT2D eigenvalue weighted by Gasteiger charge is 2.01. The molecule has 1 aromatic carbocycles. The van der Waals surface area contributed by atoms with Crippen molar-refractivity contribution in [2.45, 2.75) is 0 Å². The highest BCUT2D eigenvalue weighted by molar-refractivity contribution is 5.91.